The van der Waals surface area contributed by atoms with Crippen LogP contribution in [0.3, 0.4) is 0 Å². The molecule has 3 fully saturated rings. The first kappa shape index (κ1) is 42.2. The SMILES string of the molecule is COc1cc([C@@H]2c3cc4c(cc3[C@@H](OC3O[C@@H]5CO[C@@H](C)O[C@H]5[C@H](OC(=O)C(Cl)Cl)[C@H]3OC(=O)C(Cl)Cl)[C@H]3COC(=O)[C@H]23)OCO4)cc(OC)c1OC(=O)C(Cl)Cl. The minimum Gasteiger partial charge on any atom is -0.493 e. The summed E-state index contributed by atoms with van der Waals surface area (Å²) in [6, 6.07) is 6.54. The van der Waals surface area contributed by atoms with E-state index in [0.717, 1.165) is 0 Å². The summed E-state index contributed by atoms with van der Waals surface area (Å²) >= 11 is 35.0. The topological polar surface area (TPSA) is 179 Å². The van der Waals surface area contributed by atoms with E-state index in [4.69, 9.17) is 126 Å². The van der Waals surface area contributed by atoms with Crippen molar-refractivity contribution in [1.82, 2.24) is 0 Å². The van der Waals surface area contributed by atoms with Gasteiger partial charge in [-0.15, -0.1) is 0 Å². The first-order valence-electron chi connectivity index (χ1n) is 17.1. The Labute approximate surface area is 354 Å². The predicted octanol–water partition coefficient (Wildman–Crippen LogP) is 5.05. The van der Waals surface area contributed by atoms with Gasteiger partial charge in [-0.25, -0.2) is 14.4 Å². The van der Waals surface area contributed by atoms with E-state index in [1.54, 1.807) is 31.2 Å². The van der Waals surface area contributed by atoms with Crippen LogP contribution in [0, 0.1) is 11.8 Å². The molecule has 0 bridgehead atoms. The summed E-state index contributed by atoms with van der Waals surface area (Å²) in [5.41, 5.74) is 1.50. The number of hydrogen-bond acceptors (Lipinski definition) is 16. The van der Waals surface area contributed by atoms with E-state index in [2.05, 4.69) is 0 Å². The van der Waals surface area contributed by atoms with Crippen molar-refractivity contribution < 1.29 is 76.0 Å². The highest BCUT2D eigenvalue weighted by Gasteiger charge is 2.58. The molecule has 0 amide bonds. The van der Waals surface area contributed by atoms with Crippen LogP contribution in [-0.2, 0) is 52.3 Å². The average molecular weight is 921 g/mol. The fourth-order valence-corrected chi connectivity index (χ4v) is 7.86. The van der Waals surface area contributed by atoms with Crippen LogP contribution in [0.15, 0.2) is 24.3 Å². The Morgan fingerprint density at radius 2 is 1.35 bits per heavy atom. The minimum absolute atomic E-state index is 0.0553. The van der Waals surface area contributed by atoms with E-state index in [-0.39, 0.29) is 37.3 Å². The summed E-state index contributed by atoms with van der Waals surface area (Å²) < 4.78 is 70.0. The van der Waals surface area contributed by atoms with E-state index in [9.17, 15) is 19.2 Å². The lowest BCUT2D eigenvalue weighted by Gasteiger charge is -2.49. The van der Waals surface area contributed by atoms with Crippen LogP contribution >= 0.6 is 69.6 Å². The molecule has 1 unspecified atom stereocenters. The Morgan fingerprint density at radius 3 is 1.95 bits per heavy atom. The molecule has 4 heterocycles. The van der Waals surface area contributed by atoms with Crippen molar-refractivity contribution in [3.63, 3.8) is 0 Å². The summed E-state index contributed by atoms with van der Waals surface area (Å²) in [6.45, 7) is 1.33. The number of hydrogen-bond donors (Lipinski definition) is 0. The van der Waals surface area contributed by atoms with E-state index in [0.29, 0.717) is 28.2 Å². The monoisotopic (exact) mass is 918 g/mol. The van der Waals surface area contributed by atoms with Crippen LogP contribution < -0.4 is 23.7 Å². The normalized spacial score (nSPS) is 29.9. The van der Waals surface area contributed by atoms with Crippen molar-refractivity contribution in [2.45, 2.75) is 70.5 Å². The second kappa shape index (κ2) is 17.4. The highest BCUT2D eigenvalue weighted by molar-refractivity contribution is 6.53. The van der Waals surface area contributed by atoms with E-state index >= 15 is 0 Å². The molecule has 1 aliphatic carbocycles. The van der Waals surface area contributed by atoms with Gasteiger partial charge in [0.05, 0.1) is 39.5 Å². The summed E-state index contributed by atoms with van der Waals surface area (Å²) in [7, 11) is 2.70. The number of fused-ring (bicyclic) bond motifs is 4. The van der Waals surface area contributed by atoms with Gasteiger partial charge >= 0.3 is 23.9 Å². The second-order valence-corrected chi connectivity index (χ2v) is 16.4. The number of methoxy groups -OCH3 is 2. The van der Waals surface area contributed by atoms with Crippen LogP contribution in [0.25, 0.3) is 0 Å². The molecular weight excluding hydrogens is 889 g/mol. The number of esters is 4. The third-order valence-electron chi connectivity index (χ3n) is 9.92. The maximum atomic E-state index is 13.9. The number of alkyl halides is 6. The van der Waals surface area contributed by atoms with Gasteiger partial charge in [0.25, 0.3) is 0 Å². The number of cyclic esters (lactones) is 1. The van der Waals surface area contributed by atoms with Crippen molar-refractivity contribution in [3.8, 4) is 28.7 Å². The molecule has 0 spiro atoms. The number of benzene rings is 2. The van der Waals surface area contributed by atoms with Crippen LogP contribution in [0.5, 0.6) is 28.7 Å². The van der Waals surface area contributed by atoms with Crippen molar-refractivity contribution in [3.05, 3.63) is 41.0 Å². The molecule has 0 N–H and O–H groups in total. The first-order chi connectivity index (χ1) is 27.2. The molecule has 0 radical (unpaired) electrons. The molecule has 7 rings (SSSR count). The van der Waals surface area contributed by atoms with E-state index in [1.165, 1.54) is 14.2 Å². The zero-order valence-corrected chi connectivity index (χ0v) is 34.3. The van der Waals surface area contributed by atoms with Crippen molar-refractivity contribution >= 4 is 93.5 Å². The molecule has 2 aromatic rings. The molecule has 0 aromatic heterocycles. The summed E-state index contributed by atoms with van der Waals surface area (Å²) in [5.74, 6) is -5.48. The Hall–Kier alpha value is -2.90. The lowest BCUT2D eigenvalue weighted by molar-refractivity contribution is -0.365. The van der Waals surface area contributed by atoms with Crippen LogP contribution in [-0.4, -0.2) is 110 Å². The van der Waals surface area contributed by atoms with Gasteiger partial charge in [-0.1, -0.05) is 69.6 Å². The van der Waals surface area contributed by atoms with Gasteiger partial charge in [0.15, 0.2) is 47.8 Å². The number of carbonyl (C=O) groups excluding carboxylic acids is 4. The summed E-state index contributed by atoms with van der Waals surface area (Å²) in [4.78, 5) is 47.4. The fourth-order valence-electron chi connectivity index (χ4n) is 7.56. The molecule has 3 saturated heterocycles. The lowest BCUT2D eigenvalue weighted by Crippen LogP contribution is -2.65. The highest BCUT2D eigenvalue weighted by Crippen LogP contribution is 2.57. The van der Waals surface area contributed by atoms with E-state index in [1.807, 2.05) is 0 Å². The van der Waals surface area contributed by atoms with Gasteiger partial charge in [0.2, 0.25) is 27.1 Å². The fraction of sp³-hybridized carbons (Fsp3) is 0.543. The minimum atomic E-state index is -1.67. The third-order valence-corrected chi connectivity index (χ3v) is 11.0. The standard InChI is InChI=1S/C35H32Cl6O16/c1-11-48-9-20-25(52-11)26(55-33(44)29(38)39)27(56-34(45)30(40)41)35(53-20)57-23-14-7-17-16(50-10-51-17)6-13(14)21(22-15(23)8-49-31(22)42)12-4-18(46-2)24(19(5-12)47-3)54-32(43)28(36)37/h4-7,11,15,20-23,25-30,35H,8-10H2,1-3H3/t11-,15+,20-,21-,22+,23-,25-,26+,27-,35?/m1/s1. The first-order valence-corrected chi connectivity index (χ1v) is 19.7. The molecule has 57 heavy (non-hydrogen) atoms. The summed E-state index contributed by atoms with van der Waals surface area (Å²) in [6.07, 6.45) is -8.44. The lowest BCUT2D eigenvalue weighted by atomic mass is 9.66. The van der Waals surface area contributed by atoms with Crippen molar-refractivity contribution in [2.75, 3.05) is 34.2 Å². The largest absolute Gasteiger partial charge is 0.493 e. The van der Waals surface area contributed by atoms with Crippen molar-refractivity contribution in [1.29, 1.82) is 0 Å². The molecule has 4 aliphatic heterocycles. The van der Waals surface area contributed by atoms with Crippen LogP contribution in [0.4, 0.5) is 0 Å². The Bertz CT molecular complexity index is 1870. The number of halogens is 6. The maximum absolute atomic E-state index is 13.9. The van der Waals surface area contributed by atoms with Gasteiger partial charge in [0, 0.05) is 11.8 Å². The average Bonchev–Trinajstić information content (AvgIpc) is 3.81. The van der Waals surface area contributed by atoms with Crippen LogP contribution in [0.2, 0.25) is 0 Å². The molecule has 0 saturated carbocycles. The van der Waals surface area contributed by atoms with Gasteiger partial charge in [0.1, 0.15) is 12.2 Å². The Balaban J connectivity index is 1.34. The van der Waals surface area contributed by atoms with Gasteiger partial charge < -0.3 is 56.8 Å². The molecule has 2 aromatic carbocycles. The quantitative estimate of drug-likeness (QED) is 0.126. The third kappa shape index (κ3) is 8.32. The predicted molar refractivity (Wildman–Crippen MR) is 197 cm³/mol. The highest BCUT2D eigenvalue weighted by atomic mass is 35.5. The van der Waals surface area contributed by atoms with E-state index < -0.39 is 99.2 Å². The zero-order valence-electron chi connectivity index (χ0n) is 29.7. The van der Waals surface area contributed by atoms with Gasteiger partial charge in [-0.3, -0.25) is 4.79 Å². The molecular formula is C35H32Cl6O16. The van der Waals surface area contributed by atoms with Gasteiger partial charge in [-0.05, 0) is 47.9 Å². The molecule has 10 atom stereocenters. The van der Waals surface area contributed by atoms with Crippen LogP contribution in [0.1, 0.15) is 35.6 Å². The number of ether oxygens (including phenoxy) is 12. The zero-order chi connectivity index (χ0) is 40.9. The van der Waals surface area contributed by atoms with Gasteiger partial charge in [-0.2, -0.15) is 0 Å². The van der Waals surface area contributed by atoms with Crippen molar-refractivity contribution in [2.24, 2.45) is 11.8 Å². The maximum Gasteiger partial charge on any atom is 0.345 e. The smallest absolute Gasteiger partial charge is 0.345 e. The molecule has 16 nitrogen and oxygen atoms in total. The number of rotatable bonds is 11. The number of carbonyl (C=O) groups is 4. The Kier molecular flexibility index (Phi) is 12.9. The second-order valence-electron chi connectivity index (χ2n) is 13.1. The molecule has 310 valence electrons. The Morgan fingerprint density at radius 1 is 0.754 bits per heavy atom. The molecule has 22 heteroatoms. The summed E-state index contributed by atoms with van der Waals surface area (Å²) in [5, 5.41) is 0. The molecule has 5 aliphatic rings.